The summed E-state index contributed by atoms with van der Waals surface area (Å²) in [7, 11) is -3.93. The van der Waals surface area contributed by atoms with Crippen LogP contribution in [0.4, 0.5) is 5.69 Å². The molecule has 2 aromatic rings. The quantitative estimate of drug-likeness (QED) is 0.713. The molecule has 0 fully saturated rings. The second kappa shape index (κ2) is 3.95. The van der Waals surface area contributed by atoms with E-state index in [4.69, 9.17) is 22.5 Å². The zero-order valence-electron chi connectivity index (χ0n) is 8.28. The number of primary sulfonamides is 1. The van der Waals surface area contributed by atoms with E-state index in [1.54, 1.807) is 0 Å². The van der Waals surface area contributed by atoms with E-state index in [-0.39, 0.29) is 21.3 Å². The van der Waals surface area contributed by atoms with Gasteiger partial charge in [0, 0.05) is 0 Å². The van der Waals surface area contributed by atoms with Gasteiger partial charge in [0.25, 0.3) is 0 Å². The van der Waals surface area contributed by atoms with Crippen molar-refractivity contribution in [2.24, 2.45) is 5.14 Å². The zero-order valence-corrected chi connectivity index (χ0v) is 9.85. The zero-order chi connectivity index (χ0) is 12.6. The molecule has 0 unspecified atom stereocenters. The molecule has 10 heteroatoms. The van der Waals surface area contributed by atoms with Crippen molar-refractivity contribution in [3.8, 4) is 5.69 Å². The highest BCUT2D eigenvalue weighted by atomic mass is 35.5. The monoisotopic (exact) mass is 274 g/mol. The van der Waals surface area contributed by atoms with Crippen molar-refractivity contribution in [3.05, 3.63) is 23.5 Å². The first-order valence-electron chi connectivity index (χ1n) is 4.25. The van der Waals surface area contributed by atoms with E-state index in [1.165, 1.54) is 23.1 Å². The molecule has 0 aliphatic carbocycles. The van der Waals surface area contributed by atoms with E-state index in [1.807, 2.05) is 0 Å². The SMILES string of the molecule is Nc1cc(Cl)c(S(N)(=O)=O)cc1-n1cnnn1. The number of nitrogen functional groups attached to an aromatic ring is 1. The van der Waals surface area contributed by atoms with Gasteiger partial charge in [-0.25, -0.2) is 13.6 Å². The van der Waals surface area contributed by atoms with Gasteiger partial charge in [-0.05, 0) is 22.6 Å². The first-order valence-corrected chi connectivity index (χ1v) is 6.17. The minimum atomic E-state index is -3.93. The summed E-state index contributed by atoms with van der Waals surface area (Å²) in [5.41, 5.74) is 6.20. The average molecular weight is 275 g/mol. The van der Waals surface area contributed by atoms with E-state index in [0.29, 0.717) is 0 Å². The lowest BCUT2D eigenvalue weighted by molar-refractivity contribution is 0.597. The van der Waals surface area contributed by atoms with Crippen LogP contribution in [0.15, 0.2) is 23.4 Å². The van der Waals surface area contributed by atoms with Crippen LogP contribution in [0.5, 0.6) is 0 Å². The maximum atomic E-state index is 11.3. The summed E-state index contributed by atoms with van der Waals surface area (Å²) in [6.07, 6.45) is 1.27. The summed E-state index contributed by atoms with van der Waals surface area (Å²) in [6, 6.07) is 2.49. The molecule has 0 atom stereocenters. The molecule has 4 N–H and O–H groups in total. The number of hydrogen-bond donors (Lipinski definition) is 2. The van der Waals surface area contributed by atoms with Crippen molar-refractivity contribution >= 4 is 27.3 Å². The van der Waals surface area contributed by atoms with E-state index in [9.17, 15) is 8.42 Å². The Balaban J connectivity index is 2.71. The van der Waals surface area contributed by atoms with Crippen LogP contribution >= 0.6 is 11.6 Å². The Morgan fingerprint density at radius 2 is 2.06 bits per heavy atom. The smallest absolute Gasteiger partial charge is 0.239 e. The van der Waals surface area contributed by atoms with Crippen molar-refractivity contribution in [1.29, 1.82) is 0 Å². The molecule has 0 radical (unpaired) electrons. The molecule has 0 spiro atoms. The van der Waals surface area contributed by atoms with Crippen molar-refractivity contribution in [2.45, 2.75) is 4.90 Å². The van der Waals surface area contributed by atoms with Crippen LogP contribution < -0.4 is 10.9 Å². The van der Waals surface area contributed by atoms with Crippen LogP contribution in [0.25, 0.3) is 5.69 Å². The average Bonchev–Trinajstić information content (AvgIpc) is 2.68. The maximum absolute atomic E-state index is 11.3. The molecule has 1 aromatic carbocycles. The van der Waals surface area contributed by atoms with Gasteiger partial charge in [0.05, 0.1) is 16.4 Å². The number of sulfonamides is 1. The highest BCUT2D eigenvalue weighted by Gasteiger charge is 2.17. The van der Waals surface area contributed by atoms with Crippen LogP contribution in [0.2, 0.25) is 5.02 Å². The molecular formula is C7H7ClN6O2S. The van der Waals surface area contributed by atoms with Gasteiger partial charge in [-0.3, -0.25) is 0 Å². The van der Waals surface area contributed by atoms with E-state index >= 15 is 0 Å². The number of hydrogen-bond acceptors (Lipinski definition) is 6. The van der Waals surface area contributed by atoms with Gasteiger partial charge in [0.15, 0.2) is 0 Å². The molecule has 0 amide bonds. The third-order valence-electron chi connectivity index (χ3n) is 1.98. The lowest BCUT2D eigenvalue weighted by atomic mass is 10.3. The number of benzene rings is 1. The standard InChI is InChI=1S/C7H7ClN6O2S/c8-4-1-5(9)6(14-3-11-12-13-14)2-7(4)17(10,15)16/h1-3H,9H2,(H2,10,15,16). The van der Waals surface area contributed by atoms with Crippen LogP contribution in [-0.4, -0.2) is 28.6 Å². The fraction of sp³-hybridized carbons (Fsp3) is 0. The van der Waals surface area contributed by atoms with Gasteiger partial charge in [-0.2, -0.15) is 4.68 Å². The molecule has 17 heavy (non-hydrogen) atoms. The number of tetrazole rings is 1. The van der Waals surface area contributed by atoms with Crippen molar-refractivity contribution < 1.29 is 8.42 Å². The van der Waals surface area contributed by atoms with Crippen molar-refractivity contribution in [1.82, 2.24) is 20.2 Å². The molecule has 8 nitrogen and oxygen atoms in total. The Hall–Kier alpha value is -1.71. The van der Waals surface area contributed by atoms with Gasteiger partial charge in [-0.1, -0.05) is 11.6 Å². The molecule has 0 saturated carbocycles. The Labute approximate surface area is 101 Å². The number of nitrogens with two attached hydrogens (primary N) is 2. The van der Waals surface area contributed by atoms with Crippen LogP contribution in [0.1, 0.15) is 0 Å². The number of anilines is 1. The topological polar surface area (TPSA) is 130 Å². The second-order valence-electron chi connectivity index (χ2n) is 3.14. The Morgan fingerprint density at radius 1 is 1.35 bits per heavy atom. The maximum Gasteiger partial charge on any atom is 0.239 e. The van der Waals surface area contributed by atoms with Crippen LogP contribution in [-0.2, 0) is 10.0 Å². The lowest BCUT2D eigenvalue weighted by Gasteiger charge is -2.08. The van der Waals surface area contributed by atoms with Crippen LogP contribution in [0, 0.1) is 0 Å². The Morgan fingerprint density at radius 3 is 2.59 bits per heavy atom. The summed E-state index contributed by atoms with van der Waals surface area (Å²) in [6.45, 7) is 0. The number of rotatable bonds is 2. The predicted octanol–water partition coefficient (Wildman–Crippen LogP) is -0.455. The van der Waals surface area contributed by atoms with E-state index in [2.05, 4.69) is 15.5 Å². The molecular weight excluding hydrogens is 268 g/mol. The number of aromatic nitrogens is 4. The third kappa shape index (κ3) is 2.20. The summed E-state index contributed by atoms with van der Waals surface area (Å²) in [4.78, 5) is -0.237. The van der Waals surface area contributed by atoms with E-state index < -0.39 is 10.0 Å². The van der Waals surface area contributed by atoms with Crippen LogP contribution in [0.3, 0.4) is 0 Å². The summed E-state index contributed by atoms with van der Waals surface area (Å²) < 4.78 is 23.8. The summed E-state index contributed by atoms with van der Waals surface area (Å²) >= 11 is 5.75. The molecule has 90 valence electrons. The Bertz CT molecular complexity index is 653. The number of nitrogens with zero attached hydrogens (tertiary/aromatic N) is 4. The second-order valence-corrected chi connectivity index (χ2v) is 5.08. The molecule has 0 bridgehead atoms. The normalized spacial score (nSPS) is 11.6. The highest BCUT2D eigenvalue weighted by Crippen LogP contribution is 2.28. The first kappa shape index (κ1) is 11.8. The molecule has 2 rings (SSSR count). The first-order chi connectivity index (χ1) is 7.89. The van der Waals surface area contributed by atoms with Gasteiger partial charge in [0.1, 0.15) is 11.2 Å². The minimum Gasteiger partial charge on any atom is -0.397 e. The fourth-order valence-electron chi connectivity index (χ4n) is 1.25. The molecule has 0 aliphatic rings. The fourth-order valence-corrected chi connectivity index (χ4v) is 2.35. The minimum absolute atomic E-state index is 0.0539. The third-order valence-corrected chi connectivity index (χ3v) is 3.36. The van der Waals surface area contributed by atoms with Gasteiger partial charge in [0.2, 0.25) is 10.0 Å². The molecule has 0 aliphatic heterocycles. The van der Waals surface area contributed by atoms with Gasteiger partial charge >= 0.3 is 0 Å². The van der Waals surface area contributed by atoms with Crippen molar-refractivity contribution in [3.63, 3.8) is 0 Å². The predicted molar refractivity (Wildman–Crippen MR) is 59.9 cm³/mol. The molecule has 1 heterocycles. The largest absolute Gasteiger partial charge is 0.397 e. The lowest BCUT2D eigenvalue weighted by Crippen LogP contribution is -2.14. The number of halogens is 1. The molecule has 0 saturated heterocycles. The van der Waals surface area contributed by atoms with E-state index in [0.717, 1.165) is 0 Å². The summed E-state index contributed by atoms with van der Waals surface area (Å²) in [5.74, 6) is 0. The highest BCUT2D eigenvalue weighted by molar-refractivity contribution is 7.89. The van der Waals surface area contributed by atoms with Crippen molar-refractivity contribution in [2.75, 3.05) is 5.73 Å². The Kier molecular flexibility index (Phi) is 2.73. The van der Waals surface area contributed by atoms with Gasteiger partial charge in [-0.15, -0.1) is 5.10 Å². The molecule has 1 aromatic heterocycles. The summed E-state index contributed by atoms with van der Waals surface area (Å²) in [5, 5.41) is 15.4. The van der Waals surface area contributed by atoms with Gasteiger partial charge < -0.3 is 5.73 Å².